The highest BCUT2D eigenvalue weighted by atomic mass is 16.1. The van der Waals surface area contributed by atoms with E-state index in [0.29, 0.717) is 12.5 Å². The second-order valence-corrected chi connectivity index (χ2v) is 4.59. The maximum absolute atomic E-state index is 11.8. The van der Waals surface area contributed by atoms with Crippen molar-refractivity contribution in [2.45, 2.75) is 25.8 Å². The van der Waals surface area contributed by atoms with Gasteiger partial charge < -0.3 is 10.6 Å². The van der Waals surface area contributed by atoms with Crippen LogP contribution in [0.4, 0.5) is 5.95 Å². The molecule has 16 heavy (non-hydrogen) atoms. The predicted octanol–water partition coefficient (Wildman–Crippen LogP) is 0.237. The van der Waals surface area contributed by atoms with E-state index in [-0.39, 0.29) is 5.56 Å². The minimum atomic E-state index is 0.0183. The van der Waals surface area contributed by atoms with Crippen molar-refractivity contribution in [2.24, 2.45) is 5.92 Å². The zero-order chi connectivity index (χ0) is 11.0. The van der Waals surface area contributed by atoms with Crippen LogP contribution < -0.4 is 16.2 Å². The molecule has 1 saturated carbocycles. The first-order valence-corrected chi connectivity index (χ1v) is 5.89. The van der Waals surface area contributed by atoms with E-state index < -0.39 is 0 Å². The number of aromatic amines is 1. The van der Waals surface area contributed by atoms with Gasteiger partial charge in [0, 0.05) is 18.7 Å². The van der Waals surface area contributed by atoms with Crippen molar-refractivity contribution in [1.29, 1.82) is 0 Å². The van der Waals surface area contributed by atoms with E-state index >= 15 is 0 Å². The molecule has 3 rings (SSSR count). The molecule has 1 fully saturated rings. The quantitative estimate of drug-likeness (QED) is 0.682. The lowest BCUT2D eigenvalue weighted by Crippen LogP contribution is -2.31. The molecule has 1 aliphatic heterocycles. The van der Waals surface area contributed by atoms with E-state index in [9.17, 15) is 4.79 Å². The lowest BCUT2D eigenvalue weighted by Gasteiger charge is -2.16. The van der Waals surface area contributed by atoms with Crippen molar-refractivity contribution in [1.82, 2.24) is 15.3 Å². The Labute approximate surface area is 93.7 Å². The van der Waals surface area contributed by atoms with Crippen LogP contribution in [0.1, 0.15) is 24.1 Å². The summed E-state index contributed by atoms with van der Waals surface area (Å²) in [5, 5.41) is 6.43. The Morgan fingerprint density at radius 2 is 2.31 bits per heavy atom. The topological polar surface area (TPSA) is 69.8 Å². The molecule has 86 valence electrons. The van der Waals surface area contributed by atoms with Gasteiger partial charge >= 0.3 is 0 Å². The van der Waals surface area contributed by atoms with E-state index in [1.54, 1.807) is 0 Å². The molecule has 5 nitrogen and oxygen atoms in total. The lowest BCUT2D eigenvalue weighted by atomic mass is 10.1. The fourth-order valence-corrected chi connectivity index (χ4v) is 2.02. The highest BCUT2D eigenvalue weighted by molar-refractivity contribution is 5.31. The van der Waals surface area contributed by atoms with Gasteiger partial charge in [-0.3, -0.25) is 9.78 Å². The molecule has 0 spiro atoms. The smallest absolute Gasteiger partial charge is 0.255 e. The molecule has 0 aromatic carbocycles. The molecule has 0 atom stereocenters. The van der Waals surface area contributed by atoms with Crippen LogP contribution in [0.5, 0.6) is 0 Å². The molecule has 3 N–H and O–H groups in total. The molecule has 0 saturated heterocycles. The number of fused-ring (bicyclic) bond motifs is 1. The second kappa shape index (κ2) is 3.90. The van der Waals surface area contributed by atoms with Crippen molar-refractivity contribution >= 4 is 5.95 Å². The van der Waals surface area contributed by atoms with Gasteiger partial charge in [-0.05, 0) is 31.7 Å². The molecule has 0 unspecified atom stereocenters. The van der Waals surface area contributed by atoms with Gasteiger partial charge in [0.05, 0.1) is 5.69 Å². The average molecular weight is 220 g/mol. The maximum Gasteiger partial charge on any atom is 0.255 e. The molecule has 5 heteroatoms. The maximum atomic E-state index is 11.8. The molecule has 0 radical (unpaired) electrons. The molecule has 1 aromatic rings. The monoisotopic (exact) mass is 220 g/mol. The average Bonchev–Trinajstić information content (AvgIpc) is 3.10. The molecule has 0 amide bonds. The first kappa shape index (κ1) is 9.84. The summed E-state index contributed by atoms with van der Waals surface area (Å²) in [6, 6.07) is 0. The van der Waals surface area contributed by atoms with Crippen LogP contribution in [0.25, 0.3) is 0 Å². The number of hydrogen-bond acceptors (Lipinski definition) is 4. The number of anilines is 1. The summed E-state index contributed by atoms with van der Waals surface area (Å²) in [6.07, 6.45) is 3.37. The molecule has 0 bridgehead atoms. The summed E-state index contributed by atoms with van der Waals surface area (Å²) in [4.78, 5) is 19.0. The Kier molecular flexibility index (Phi) is 2.40. The van der Waals surface area contributed by atoms with Crippen LogP contribution in [0.2, 0.25) is 0 Å². The summed E-state index contributed by atoms with van der Waals surface area (Å²) in [5.74, 6) is 1.40. The van der Waals surface area contributed by atoms with Crippen LogP contribution >= 0.6 is 0 Å². The van der Waals surface area contributed by atoms with Gasteiger partial charge in [0.2, 0.25) is 5.95 Å². The Bertz CT molecular complexity index is 450. The minimum Gasteiger partial charge on any atom is -0.355 e. The van der Waals surface area contributed by atoms with Gasteiger partial charge in [0.25, 0.3) is 5.56 Å². The number of nitrogens with zero attached hydrogens (tertiary/aromatic N) is 1. The first-order chi connectivity index (χ1) is 7.83. The standard InChI is InChI=1S/C11H16N4O/c16-10-8-3-4-12-6-9(8)14-11(15-10)13-5-7-1-2-7/h7,12H,1-6H2,(H2,13,14,15,16). The van der Waals surface area contributed by atoms with Gasteiger partial charge in [0.1, 0.15) is 0 Å². The van der Waals surface area contributed by atoms with Crippen LogP contribution in [-0.2, 0) is 13.0 Å². The molecular weight excluding hydrogens is 204 g/mol. The SMILES string of the molecule is O=c1[nH]c(NCC2CC2)nc2c1CCNC2. The Morgan fingerprint density at radius 3 is 3.12 bits per heavy atom. The van der Waals surface area contributed by atoms with Gasteiger partial charge in [-0.1, -0.05) is 0 Å². The van der Waals surface area contributed by atoms with E-state index in [0.717, 1.165) is 36.7 Å². The van der Waals surface area contributed by atoms with Gasteiger partial charge in [-0.2, -0.15) is 0 Å². The largest absolute Gasteiger partial charge is 0.355 e. The number of rotatable bonds is 3. The summed E-state index contributed by atoms with van der Waals surface area (Å²) in [7, 11) is 0. The van der Waals surface area contributed by atoms with Gasteiger partial charge in [-0.25, -0.2) is 4.98 Å². The van der Waals surface area contributed by atoms with Crippen molar-refractivity contribution in [3.05, 3.63) is 21.6 Å². The van der Waals surface area contributed by atoms with Crippen molar-refractivity contribution < 1.29 is 0 Å². The molecule has 2 heterocycles. The molecule has 2 aliphatic rings. The first-order valence-electron chi connectivity index (χ1n) is 5.89. The fraction of sp³-hybridized carbons (Fsp3) is 0.636. The second-order valence-electron chi connectivity index (χ2n) is 4.59. The highest BCUT2D eigenvalue weighted by Crippen LogP contribution is 2.28. The zero-order valence-corrected chi connectivity index (χ0v) is 9.18. The molecule has 1 aromatic heterocycles. The molecular formula is C11H16N4O. The number of aromatic nitrogens is 2. The lowest BCUT2D eigenvalue weighted by molar-refractivity contribution is 0.619. The van der Waals surface area contributed by atoms with E-state index in [1.807, 2.05) is 0 Å². The third kappa shape index (κ3) is 1.95. The Hall–Kier alpha value is -1.36. The number of hydrogen-bond donors (Lipinski definition) is 3. The number of nitrogens with one attached hydrogen (secondary N) is 3. The third-order valence-corrected chi connectivity index (χ3v) is 3.20. The summed E-state index contributed by atoms with van der Waals surface area (Å²) < 4.78 is 0. The normalized spacial score (nSPS) is 19.2. The van der Waals surface area contributed by atoms with Crippen molar-refractivity contribution in [3.8, 4) is 0 Å². The van der Waals surface area contributed by atoms with Crippen LogP contribution in [0.3, 0.4) is 0 Å². The van der Waals surface area contributed by atoms with E-state index in [2.05, 4.69) is 20.6 Å². The zero-order valence-electron chi connectivity index (χ0n) is 9.18. The van der Waals surface area contributed by atoms with Crippen LogP contribution in [-0.4, -0.2) is 23.1 Å². The number of H-pyrrole nitrogens is 1. The highest BCUT2D eigenvalue weighted by Gasteiger charge is 2.21. The van der Waals surface area contributed by atoms with Crippen molar-refractivity contribution in [3.63, 3.8) is 0 Å². The third-order valence-electron chi connectivity index (χ3n) is 3.20. The Morgan fingerprint density at radius 1 is 1.44 bits per heavy atom. The fourth-order valence-electron chi connectivity index (χ4n) is 2.02. The van der Waals surface area contributed by atoms with Crippen molar-refractivity contribution in [2.75, 3.05) is 18.4 Å². The van der Waals surface area contributed by atoms with Gasteiger partial charge in [-0.15, -0.1) is 0 Å². The summed E-state index contributed by atoms with van der Waals surface area (Å²) >= 11 is 0. The van der Waals surface area contributed by atoms with Gasteiger partial charge in [0.15, 0.2) is 0 Å². The van der Waals surface area contributed by atoms with Crippen LogP contribution in [0.15, 0.2) is 4.79 Å². The summed E-state index contributed by atoms with van der Waals surface area (Å²) in [6.45, 7) is 2.50. The predicted molar refractivity (Wildman–Crippen MR) is 61.5 cm³/mol. The molecule has 1 aliphatic carbocycles. The van der Waals surface area contributed by atoms with E-state index in [1.165, 1.54) is 12.8 Å². The van der Waals surface area contributed by atoms with Crippen LogP contribution in [0, 0.1) is 5.92 Å². The minimum absolute atomic E-state index is 0.0183. The summed E-state index contributed by atoms with van der Waals surface area (Å²) in [5.41, 5.74) is 1.76. The Balaban J connectivity index is 1.82. The van der Waals surface area contributed by atoms with E-state index in [4.69, 9.17) is 0 Å².